The second-order valence-corrected chi connectivity index (χ2v) is 7.85. The fraction of sp³-hybridized carbons (Fsp3) is 0.185. The second-order valence-electron chi connectivity index (χ2n) is 7.85. The molecule has 0 heteroatoms. The normalized spacial score (nSPS) is 21.0. The van der Waals surface area contributed by atoms with Gasteiger partial charge in [0.25, 0.3) is 0 Å². The first-order chi connectivity index (χ1) is 13.0. The number of benzene rings is 2. The Morgan fingerprint density at radius 1 is 0.889 bits per heavy atom. The van der Waals surface area contributed by atoms with Gasteiger partial charge in [0.05, 0.1) is 0 Å². The molecule has 0 bridgehead atoms. The van der Waals surface area contributed by atoms with Crippen LogP contribution in [0.5, 0.6) is 0 Å². The lowest BCUT2D eigenvalue weighted by atomic mass is 9.90. The molecule has 0 nitrogen and oxygen atoms in total. The average molecular weight is 351 g/mol. The van der Waals surface area contributed by atoms with Gasteiger partial charge in [-0.2, -0.15) is 0 Å². The Kier molecular flexibility index (Phi) is 4.58. The van der Waals surface area contributed by atoms with Crippen molar-refractivity contribution >= 4 is 5.57 Å². The van der Waals surface area contributed by atoms with Gasteiger partial charge in [0.1, 0.15) is 0 Å². The van der Waals surface area contributed by atoms with E-state index in [1.807, 2.05) is 0 Å². The molecule has 4 rings (SSSR count). The first kappa shape index (κ1) is 17.5. The van der Waals surface area contributed by atoms with Crippen molar-refractivity contribution in [2.45, 2.75) is 32.6 Å². The molecular weight excluding hydrogens is 324 g/mol. The van der Waals surface area contributed by atoms with Gasteiger partial charge in [-0.1, -0.05) is 96.6 Å². The van der Waals surface area contributed by atoms with Crippen molar-refractivity contribution in [3.8, 4) is 0 Å². The molecule has 1 fully saturated rings. The first-order valence-corrected chi connectivity index (χ1v) is 9.62. The predicted molar refractivity (Wildman–Crippen MR) is 117 cm³/mol. The van der Waals surface area contributed by atoms with Crippen LogP contribution in [0.25, 0.3) is 5.57 Å². The highest BCUT2D eigenvalue weighted by Gasteiger charge is 2.29. The summed E-state index contributed by atoms with van der Waals surface area (Å²) < 4.78 is 0. The zero-order valence-corrected chi connectivity index (χ0v) is 16.3. The maximum absolute atomic E-state index is 4.43. The van der Waals surface area contributed by atoms with Gasteiger partial charge in [-0.15, -0.1) is 0 Å². The Balaban J connectivity index is 1.51. The van der Waals surface area contributed by atoms with Crippen molar-refractivity contribution in [1.29, 1.82) is 0 Å². The smallest absolute Gasteiger partial charge is 0.0296 e. The second kappa shape index (κ2) is 7.04. The van der Waals surface area contributed by atoms with E-state index in [0.29, 0.717) is 0 Å². The largest absolute Gasteiger partial charge is 0.0986 e. The van der Waals surface area contributed by atoms with Crippen LogP contribution in [0.1, 0.15) is 41.0 Å². The van der Waals surface area contributed by atoms with Crippen LogP contribution in [-0.4, -0.2) is 0 Å². The van der Waals surface area contributed by atoms with E-state index in [-0.39, 0.29) is 5.92 Å². The molecular formula is C27H26. The first-order valence-electron chi connectivity index (χ1n) is 9.62. The number of allylic oxidation sites excluding steroid dienone is 8. The minimum Gasteiger partial charge on any atom is -0.0986 e. The summed E-state index contributed by atoms with van der Waals surface area (Å²) in [6.07, 6.45) is 8.75. The Hall–Kier alpha value is -2.86. The lowest BCUT2D eigenvalue weighted by molar-refractivity contribution is 0.996. The summed E-state index contributed by atoms with van der Waals surface area (Å²) in [5, 5.41) is 0. The maximum Gasteiger partial charge on any atom is 0.0296 e. The SMILES string of the molecule is C=C1CC(=CC2=CC=C(c3ccc(C)cc3)C2)C(=C)C1c1cccc(C)c1. The van der Waals surface area contributed by atoms with E-state index in [9.17, 15) is 0 Å². The van der Waals surface area contributed by atoms with Gasteiger partial charge >= 0.3 is 0 Å². The molecule has 1 atom stereocenters. The van der Waals surface area contributed by atoms with Crippen molar-refractivity contribution in [2.75, 3.05) is 0 Å². The average Bonchev–Trinajstić information content (AvgIpc) is 3.21. The molecule has 0 heterocycles. The Bertz CT molecular complexity index is 1010. The van der Waals surface area contributed by atoms with E-state index in [0.717, 1.165) is 12.8 Å². The summed E-state index contributed by atoms with van der Waals surface area (Å²) in [6, 6.07) is 17.5. The Labute approximate surface area is 163 Å². The fourth-order valence-electron chi connectivity index (χ4n) is 4.16. The predicted octanol–water partition coefficient (Wildman–Crippen LogP) is 7.24. The molecule has 0 amide bonds. The lowest BCUT2D eigenvalue weighted by Crippen LogP contribution is -1.97. The molecule has 0 saturated heterocycles. The summed E-state index contributed by atoms with van der Waals surface area (Å²) >= 11 is 0. The quantitative estimate of drug-likeness (QED) is 0.512. The summed E-state index contributed by atoms with van der Waals surface area (Å²) in [7, 11) is 0. The van der Waals surface area contributed by atoms with Crippen molar-refractivity contribution in [1.82, 2.24) is 0 Å². The monoisotopic (exact) mass is 350 g/mol. The molecule has 0 aromatic heterocycles. The van der Waals surface area contributed by atoms with Gasteiger partial charge in [-0.3, -0.25) is 0 Å². The minimum absolute atomic E-state index is 0.252. The third-order valence-electron chi connectivity index (χ3n) is 5.64. The van der Waals surface area contributed by atoms with Crippen molar-refractivity contribution in [3.05, 3.63) is 124 Å². The van der Waals surface area contributed by atoms with E-state index in [2.05, 4.69) is 93.8 Å². The summed E-state index contributed by atoms with van der Waals surface area (Å²) in [5.41, 5.74) is 11.8. The fourth-order valence-corrected chi connectivity index (χ4v) is 4.16. The Morgan fingerprint density at radius 3 is 2.41 bits per heavy atom. The number of aryl methyl sites for hydroxylation is 2. The van der Waals surface area contributed by atoms with Crippen molar-refractivity contribution in [2.24, 2.45) is 0 Å². The molecule has 0 spiro atoms. The zero-order chi connectivity index (χ0) is 19.0. The Morgan fingerprint density at radius 2 is 1.67 bits per heavy atom. The van der Waals surface area contributed by atoms with Crippen LogP contribution in [0.2, 0.25) is 0 Å². The van der Waals surface area contributed by atoms with E-state index in [1.54, 1.807) is 0 Å². The van der Waals surface area contributed by atoms with Crippen LogP contribution in [-0.2, 0) is 0 Å². The molecule has 2 aliphatic carbocycles. The number of rotatable bonds is 3. The van der Waals surface area contributed by atoms with Gasteiger partial charge in [0, 0.05) is 5.92 Å². The van der Waals surface area contributed by atoms with E-state index < -0.39 is 0 Å². The molecule has 0 N–H and O–H groups in total. The van der Waals surface area contributed by atoms with Crippen LogP contribution in [0.4, 0.5) is 0 Å². The van der Waals surface area contributed by atoms with Crippen LogP contribution in [0.15, 0.2) is 102 Å². The third-order valence-corrected chi connectivity index (χ3v) is 5.64. The standard InChI is InChI=1S/C27H26/c1-18-8-11-23(12-9-18)24-13-10-22(16-24)17-26-15-20(3)27(21(26)4)25-7-5-6-19(2)14-25/h5-14,17,27H,3-4,15-16H2,1-2H3. The topological polar surface area (TPSA) is 0 Å². The number of hydrogen-bond acceptors (Lipinski definition) is 0. The molecule has 2 aliphatic rings. The van der Waals surface area contributed by atoms with Gasteiger partial charge < -0.3 is 0 Å². The van der Waals surface area contributed by atoms with E-state index in [1.165, 1.54) is 50.1 Å². The zero-order valence-electron chi connectivity index (χ0n) is 16.3. The van der Waals surface area contributed by atoms with E-state index >= 15 is 0 Å². The molecule has 134 valence electrons. The van der Waals surface area contributed by atoms with Crippen molar-refractivity contribution < 1.29 is 0 Å². The highest BCUT2D eigenvalue weighted by Crippen LogP contribution is 2.46. The summed E-state index contributed by atoms with van der Waals surface area (Å²) in [4.78, 5) is 0. The minimum atomic E-state index is 0.252. The lowest BCUT2D eigenvalue weighted by Gasteiger charge is -2.14. The molecule has 1 unspecified atom stereocenters. The maximum atomic E-state index is 4.43. The molecule has 0 radical (unpaired) electrons. The van der Waals surface area contributed by atoms with Crippen LogP contribution >= 0.6 is 0 Å². The molecule has 1 saturated carbocycles. The van der Waals surface area contributed by atoms with Gasteiger partial charge in [0.2, 0.25) is 0 Å². The highest BCUT2D eigenvalue weighted by molar-refractivity contribution is 5.74. The van der Waals surface area contributed by atoms with Gasteiger partial charge in [0.15, 0.2) is 0 Å². The van der Waals surface area contributed by atoms with Gasteiger partial charge in [-0.25, -0.2) is 0 Å². The molecule has 2 aromatic carbocycles. The van der Waals surface area contributed by atoms with Crippen LogP contribution in [0, 0.1) is 13.8 Å². The molecule has 0 aliphatic heterocycles. The van der Waals surface area contributed by atoms with E-state index in [4.69, 9.17) is 0 Å². The highest BCUT2D eigenvalue weighted by atomic mass is 14.3. The number of hydrogen-bond donors (Lipinski definition) is 0. The molecule has 2 aromatic rings. The summed E-state index contributed by atoms with van der Waals surface area (Å²) in [6.45, 7) is 13.1. The third kappa shape index (κ3) is 3.53. The molecule has 27 heavy (non-hydrogen) atoms. The van der Waals surface area contributed by atoms with Gasteiger partial charge in [-0.05, 0) is 60.1 Å². The van der Waals surface area contributed by atoms with Crippen LogP contribution < -0.4 is 0 Å². The van der Waals surface area contributed by atoms with Crippen LogP contribution in [0.3, 0.4) is 0 Å². The van der Waals surface area contributed by atoms with Crippen molar-refractivity contribution in [3.63, 3.8) is 0 Å². The summed E-state index contributed by atoms with van der Waals surface area (Å²) in [5.74, 6) is 0.252.